The highest BCUT2D eigenvalue weighted by atomic mass is 35.5. The van der Waals surface area contributed by atoms with Crippen molar-refractivity contribution in [3.8, 4) is 0 Å². The third kappa shape index (κ3) is 3.06. The van der Waals surface area contributed by atoms with Crippen LogP contribution in [0.25, 0.3) is 0 Å². The van der Waals surface area contributed by atoms with Crippen LogP contribution in [0.3, 0.4) is 0 Å². The number of carbonyl (C=O) groups excluding carboxylic acids is 1. The predicted octanol–water partition coefficient (Wildman–Crippen LogP) is 3.84. The number of oxime groups is 1. The number of halogens is 1. The van der Waals surface area contributed by atoms with Gasteiger partial charge in [-0.25, -0.2) is 4.68 Å². The van der Waals surface area contributed by atoms with Gasteiger partial charge in [-0.2, -0.15) is 5.10 Å². The van der Waals surface area contributed by atoms with Crippen LogP contribution in [0.1, 0.15) is 43.0 Å². The van der Waals surface area contributed by atoms with Crippen molar-refractivity contribution in [3.05, 3.63) is 33.6 Å². The molecule has 2 aromatic heterocycles. The number of nitrogens with zero attached hydrogens (tertiary/aromatic N) is 3. The summed E-state index contributed by atoms with van der Waals surface area (Å²) in [5, 5.41) is 11.3. The molecule has 1 aliphatic heterocycles. The molecule has 2 aromatic rings. The first kappa shape index (κ1) is 15.7. The summed E-state index contributed by atoms with van der Waals surface area (Å²) in [6, 6.07) is 5.91. The largest absolute Gasteiger partial charge is 0.382 e. The van der Waals surface area contributed by atoms with Gasteiger partial charge in [0.1, 0.15) is 11.5 Å². The molecule has 1 atom stereocenters. The summed E-state index contributed by atoms with van der Waals surface area (Å²) < 4.78 is 2.61. The van der Waals surface area contributed by atoms with E-state index in [4.69, 9.17) is 16.4 Å². The predicted molar refractivity (Wildman–Crippen MR) is 93.7 cm³/mol. The number of amides is 1. The van der Waals surface area contributed by atoms with Crippen LogP contribution in [0.15, 0.2) is 29.6 Å². The van der Waals surface area contributed by atoms with E-state index < -0.39 is 6.10 Å². The second kappa shape index (κ2) is 6.57. The Labute approximate surface area is 148 Å². The van der Waals surface area contributed by atoms with Crippen molar-refractivity contribution in [2.45, 2.75) is 44.2 Å². The second-order valence-electron chi connectivity index (χ2n) is 6.03. The van der Waals surface area contributed by atoms with E-state index in [1.807, 2.05) is 22.9 Å². The Hall–Kier alpha value is -1.86. The number of hydrogen-bond acceptors (Lipinski definition) is 5. The lowest BCUT2D eigenvalue weighted by Crippen LogP contribution is -2.29. The molecule has 4 rings (SSSR count). The van der Waals surface area contributed by atoms with Gasteiger partial charge in [-0.05, 0) is 25.0 Å². The van der Waals surface area contributed by atoms with Gasteiger partial charge < -0.3 is 10.2 Å². The van der Waals surface area contributed by atoms with E-state index in [-0.39, 0.29) is 5.91 Å². The second-order valence-corrected chi connectivity index (χ2v) is 7.74. The van der Waals surface area contributed by atoms with Crippen LogP contribution < -0.4 is 5.32 Å². The molecule has 0 spiro atoms. The van der Waals surface area contributed by atoms with Crippen molar-refractivity contribution in [1.82, 2.24) is 9.78 Å². The molecule has 0 unspecified atom stereocenters. The fourth-order valence-electron chi connectivity index (χ4n) is 3.19. The highest BCUT2D eigenvalue weighted by molar-refractivity contribution is 7.18. The van der Waals surface area contributed by atoms with Crippen LogP contribution in [-0.2, 0) is 9.63 Å². The zero-order valence-corrected chi connectivity index (χ0v) is 14.5. The summed E-state index contributed by atoms with van der Waals surface area (Å²) >= 11 is 7.38. The Bertz CT molecular complexity index is 779. The third-order valence-electron chi connectivity index (χ3n) is 4.41. The Balaban J connectivity index is 1.40. The van der Waals surface area contributed by atoms with Crippen LogP contribution in [0.4, 0.5) is 5.82 Å². The Kier molecular flexibility index (Phi) is 4.28. The van der Waals surface area contributed by atoms with E-state index >= 15 is 0 Å². The SMILES string of the molecule is O=C(Nc1ccnn1C1CCCC1)[C@H]1CC(c2ccc(Cl)s2)=NO1. The van der Waals surface area contributed by atoms with Gasteiger partial charge >= 0.3 is 0 Å². The van der Waals surface area contributed by atoms with Gasteiger partial charge in [0, 0.05) is 12.5 Å². The third-order valence-corrected chi connectivity index (χ3v) is 5.69. The van der Waals surface area contributed by atoms with Crippen molar-refractivity contribution < 1.29 is 9.63 Å². The van der Waals surface area contributed by atoms with Gasteiger partial charge in [-0.15, -0.1) is 11.3 Å². The number of rotatable bonds is 4. The van der Waals surface area contributed by atoms with Crippen molar-refractivity contribution in [3.63, 3.8) is 0 Å². The average Bonchev–Trinajstić information content (AvgIpc) is 3.34. The standard InChI is InChI=1S/C16H17ClN4O2S/c17-14-6-5-13(24-14)11-9-12(23-20-11)16(22)19-15-7-8-18-21(15)10-3-1-2-4-10/h5-8,10,12H,1-4,9H2,(H,19,22)/t12-/m1/s1. The molecule has 126 valence electrons. The normalized spacial score (nSPS) is 20.9. The lowest BCUT2D eigenvalue weighted by molar-refractivity contribution is -0.125. The highest BCUT2D eigenvalue weighted by Gasteiger charge is 2.30. The zero-order chi connectivity index (χ0) is 16.5. The van der Waals surface area contributed by atoms with Gasteiger partial charge in [-0.1, -0.05) is 29.6 Å². The quantitative estimate of drug-likeness (QED) is 0.896. The summed E-state index contributed by atoms with van der Waals surface area (Å²) in [6.07, 6.45) is 6.19. The minimum absolute atomic E-state index is 0.198. The molecule has 0 radical (unpaired) electrons. The highest BCUT2D eigenvalue weighted by Crippen LogP contribution is 2.31. The van der Waals surface area contributed by atoms with Gasteiger partial charge in [0.25, 0.3) is 5.91 Å². The minimum Gasteiger partial charge on any atom is -0.382 e. The van der Waals surface area contributed by atoms with Crippen LogP contribution in [0, 0.1) is 0 Å². The van der Waals surface area contributed by atoms with E-state index in [0.29, 0.717) is 16.8 Å². The van der Waals surface area contributed by atoms with E-state index in [2.05, 4.69) is 15.6 Å². The maximum Gasteiger partial charge on any atom is 0.269 e. The van der Waals surface area contributed by atoms with Gasteiger partial charge in [0.15, 0.2) is 0 Å². The van der Waals surface area contributed by atoms with E-state index in [1.54, 1.807) is 6.20 Å². The number of nitrogens with one attached hydrogen (secondary N) is 1. The summed E-state index contributed by atoms with van der Waals surface area (Å²) in [6.45, 7) is 0. The first-order valence-corrected chi connectivity index (χ1v) is 9.23. The first-order valence-electron chi connectivity index (χ1n) is 8.03. The van der Waals surface area contributed by atoms with Crippen molar-refractivity contribution in [1.29, 1.82) is 0 Å². The van der Waals surface area contributed by atoms with Crippen LogP contribution in [0.5, 0.6) is 0 Å². The maximum atomic E-state index is 12.5. The molecule has 1 amide bonds. The van der Waals surface area contributed by atoms with Crippen molar-refractivity contribution >= 4 is 40.4 Å². The average molecular weight is 365 g/mol. The summed E-state index contributed by atoms with van der Waals surface area (Å²) in [4.78, 5) is 18.7. The molecule has 0 bridgehead atoms. The molecule has 24 heavy (non-hydrogen) atoms. The minimum atomic E-state index is -0.618. The van der Waals surface area contributed by atoms with Crippen LogP contribution in [-0.4, -0.2) is 27.5 Å². The molecule has 1 fully saturated rings. The van der Waals surface area contributed by atoms with E-state index in [0.717, 1.165) is 29.2 Å². The number of aromatic nitrogens is 2. The Morgan fingerprint density at radius 2 is 2.17 bits per heavy atom. The number of hydrogen-bond donors (Lipinski definition) is 1. The molecule has 6 nitrogen and oxygen atoms in total. The van der Waals surface area contributed by atoms with Gasteiger partial charge in [-0.3, -0.25) is 4.79 Å². The van der Waals surface area contributed by atoms with Gasteiger partial charge in [0.05, 0.1) is 21.5 Å². The zero-order valence-electron chi connectivity index (χ0n) is 12.9. The topological polar surface area (TPSA) is 68.5 Å². The number of thiophene rings is 1. The van der Waals surface area contributed by atoms with E-state index in [9.17, 15) is 4.79 Å². The van der Waals surface area contributed by atoms with Gasteiger partial charge in [0.2, 0.25) is 6.10 Å². The van der Waals surface area contributed by atoms with E-state index in [1.165, 1.54) is 24.2 Å². The molecule has 0 aromatic carbocycles. The first-order chi connectivity index (χ1) is 11.7. The lowest BCUT2D eigenvalue weighted by atomic mass is 10.1. The molecule has 8 heteroatoms. The fraction of sp³-hybridized carbons (Fsp3) is 0.438. The molecule has 1 N–H and O–H groups in total. The van der Waals surface area contributed by atoms with Crippen LogP contribution in [0.2, 0.25) is 4.34 Å². The molecular formula is C16H17ClN4O2S. The summed E-state index contributed by atoms with van der Waals surface area (Å²) in [7, 11) is 0. The number of anilines is 1. The molecule has 3 heterocycles. The molecule has 1 saturated carbocycles. The molecule has 2 aliphatic rings. The number of carbonyl (C=O) groups is 1. The summed E-state index contributed by atoms with van der Waals surface area (Å²) in [5.41, 5.74) is 0.761. The smallest absolute Gasteiger partial charge is 0.269 e. The molecule has 1 aliphatic carbocycles. The molecular weight excluding hydrogens is 348 g/mol. The van der Waals surface area contributed by atoms with Crippen molar-refractivity contribution in [2.75, 3.05) is 5.32 Å². The van der Waals surface area contributed by atoms with Crippen molar-refractivity contribution in [2.24, 2.45) is 5.16 Å². The molecule has 0 saturated heterocycles. The fourth-order valence-corrected chi connectivity index (χ4v) is 4.23. The Morgan fingerprint density at radius 1 is 1.33 bits per heavy atom. The van der Waals surface area contributed by atoms with Crippen LogP contribution >= 0.6 is 22.9 Å². The Morgan fingerprint density at radius 3 is 2.92 bits per heavy atom. The lowest BCUT2D eigenvalue weighted by Gasteiger charge is -2.15. The monoisotopic (exact) mass is 364 g/mol. The maximum absolute atomic E-state index is 12.5. The summed E-state index contributed by atoms with van der Waals surface area (Å²) in [5.74, 6) is 0.527.